The Bertz CT molecular complexity index is 257. The zero-order chi connectivity index (χ0) is 12.7. The van der Waals surface area contributed by atoms with Gasteiger partial charge in [-0.15, -0.1) is 0 Å². The Kier molecular flexibility index (Phi) is 5.94. The molecule has 0 spiro atoms. The van der Waals surface area contributed by atoms with Crippen molar-refractivity contribution in [1.82, 2.24) is 4.90 Å². The number of aliphatic hydroxyl groups is 1. The Labute approximate surface area is 105 Å². The third-order valence-electron chi connectivity index (χ3n) is 3.76. The summed E-state index contributed by atoms with van der Waals surface area (Å²) in [6.07, 6.45) is 6.88. The maximum Gasteiger partial charge on any atom is 0.0683 e. The van der Waals surface area contributed by atoms with Gasteiger partial charge in [0.25, 0.3) is 0 Å². The molecule has 0 bridgehead atoms. The molecule has 1 unspecified atom stereocenters. The first-order chi connectivity index (χ1) is 8.09. The molecule has 17 heavy (non-hydrogen) atoms. The Balaban J connectivity index is 2.19. The Morgan fingerprint density at radius 3 is 2.76 bits per heavy atom. The second kappa shape index (κ2) is 6.98. The molecule has 3 heteroatoms. The monoisotopic (exact) mass is 238 g/mol. The quantitative estimate of drug-likeness (QED) is 0.723. The van der Waals surface area contributed by atoms with Crippen molar-refractivity contribution in [3.63, 3.8) is 0 Å². The Hall–Kier alpha value is -0.590. The van der Waals surface area contributed by atoms with Crippen LogP contribution in [-0.4, -0.2) is 35.7 Å². The smallest absolute Gasteiger partial charge is 0.0683 e. The minimum absolute atomic E-state index is 0.182. The van der Waals surface area contributed by atoms with Gasteiger partial charge in [0, 0.05) is 6.04 Å². The minimum Gasteiger partial charge on any atom is -0.395 e. The summed E-state index contributed by atoms with van der Waals surface area (Å²) >= 11 is 0. The molecule has 1 heterocycles. The molecule has 0 aliphatic carbocycles. The highest BCUT2D eigenvalue weighted by atomic mass is 16.3. The van der Waals surface area contributed by atoms with Gasteiger partial charge >= 0.3 is 0 Å². The minimum atomic E-state index is -0.182. The van der Waals surface area contributed by atoms with E-state index in [2.05, 4.69) is 11.0 Å². The van der Waals surface area contributed by atoms with E-state index >= 15 is 0 Å². The maximum absolute atomic E-state index is 9.30. The molecule has 1 saturated heterocycles. The lowest BCUT2D eigenvalue weighted by Gasteiger charge is -2.34. The average Bonchev–Trinajstić information content (AvgIpc) is 2.35. The number of piperidine rings is 1. The molecule has 0 aromatic carbocycles. The zero-order valence-electron chi connectivity index (χ0n) is 11.3. The van der Waals surface area contributed by atoms with E-state index in [4.69, 9.17) is 5.26 Å². The van der Waals surface area contributed by atoms with E-state index in [-0.39, 0.29) is 5.41 Å². The first kappa shape index (κ1) is 14.5. The Morgan fingerprint density at radius 1 is 1.35 bits per heavy atom. The number of aliphatic hydroxyl groups excluding tert-OH is 1. The standard InChI is InChI=1S/C14H26N2O/c1-14(2,12-15)8-4-6-10-16-9-5-3-7-13(16)11-17/h13,17H,3-11H2,1-2H3. The van der Waals surface area contributed by atoms with Crippen molar-refractivity contribution in [3.8, 4) is 6.07 Å². The summed E-state index contributed by atoms with van der Waals surface area (Å²) in [5.41, 5.74) is -0.182. The van der Waals surface area contributed by atoms with Crippen LogP contribution in [0.25, 0.3) is 0 Å². The van der Waals surface area contributed by atoms with E-state index in [1.807, 2.05) is 13.8 Å². The molecule has 0 amide bonds. The van der Waals surface area contributed by atoms with E-state index in [1.54, 1.807) is 0 Å². The molecule has 1 fully saturated rings. The lowest BCUT2D eigenvalue weighted by atomic mass is 9.89. The van der Waals surface area contributed by atoms with E-state index in [1.165, 1.54) is 12.8 Å². The van der Waals surface area contributed by atoms with Gasteiger partial charge in [-0.2, -0.15) is 5.26 Å². The van der Waals surface area contributed by atoms with Gasteiger partial charge in [0.1, 0.15) is 0 Å². The number of nitriles is 1. The summed E-state index contributed by atoms with van der Waals surface area (Å²) in [5.74, 6) is 0. The van der Waals surface area contributed by atoms with Crippen LogP contribution in [0.5, 0.6) is 0 Å². The molecule has 0 saturated carbocycles. The van der Waals surface area contributed by atoms with Crippen molar-refractivity contribution < 1.29 is 5.11 Å². The normalized spacial score (nSPS) is 22.4. The summed E-state index contributed by atoms with van der Waals surface area (Å²) < 4.78 is 0. The fraction of sp³-hybridized carbons (Fsp3) is 0.929. The van der Waals surface area contributed by atoms with Gasteiger partial charge in [-0.25, -0.2) is 0 Å². The van der Waals surface area contributed by atoms with Gasteiger partial charge in [-0.1, -0.05) is 12.8 Å². The van der Waals surface area contributed by atoms with Crippen molar-refractivity contribution in [2.45, 2.75) is 58.4 Å². The van der Waals surface area contributed by atoms with Crippen molar-refractivity contribution in [1.29, 1.82) is 5.26 Å². The molecule has 3 nitrogen and oxygen atoms in total. The van der Waals surface area contributed by atoms with Crippen molar-refractivity contribution in [2.75, 3.05) is 19.7 Å². The first-order valence-electron chi connectivity index (χ1n) is 6.85. The van der Waals surface area contributed by atoms with Crippen molar-refractivity contribution in [2.24, 2.45) is 5.41 Å². The van der Waals surface area contributed by atoms with Crippen LogP contribution in [0, 0.1) is 16.7 Å². The largest absolute Gasteiger partial charge is 0.395 e. The number of nitrogens with zero attached hydrogens (tertiary/aromatic N) is 2. The van der Waals surface area contributed by atoms with Crippen molar-refractivity contribution in [3.05, 3.63) is 0 Å². The number of unbranched alkanes of at least 4 members (excludes halogenated alkanes) is 1. The SMILES string of the molecule is CC(C)(C#N)CCCCN1CCCCC1CO. The molecule has 0 aromatic rings. The maximum atomic E-state index is 9.30. The van der Waals surface area contributed by atoms with Crippen LogP contribution in [0.4, 0.5) is 0 Å². The van der Waals surface area contributed by atoms with E-state index in [0.717, 1.165) is 38.8 Å². The van der Waals surface area contributed by atoms with Crippen LogP contribution in [0.2, 0.25) is 0 Å². The fourth-order valence-electron chi connectivity index (χ4n) is 2.50. The van der Waals surface area contributed by atoms with Gasteiger partial charge in [0.15, 0.2) is 0 Å². The van der Waals surface area contributed by atoms with E-state index in [0.29, 0.717) is 12.6 Å². The lowest BCUT2D eigenvalue weighted by molar-refractivity contribution is 0.0881. The summed E-state index contributed by atoms with van der Waals surface area (Å²) in [6.45, 7) is 6.51. The highest BCUT2D eigenvalue weighted by Crippen LogP contribution is 2.23. The highest BCUT2D eigenvalue weighted by Gasteiger charge is 2.21. The summed E-state index contributed by atoms with van der Waals surface area (Å²) in [5, 5.41) is 18.2. The number of likely N-dealkylation sites (tertiary alicyclic amines) is 1. The van der Waals surface area contributed by atoms with Gasteiger partial charge in [-0.05, 0) is 52.6 Å². The van der Waals surface area contributed by atoms with Crippen LogP contribution in [0.15, 0.2) is 0 Å². The first-order valence-corrected chi connectivity index (χ1v) is 6.85. The van der Waals surface area contributed by atoms with Crippen LogP contribution in [0.1, 0.15) is 52.4 Å². The van der Waals surface area contributed by atoms with Gasteiger partial charge in [0.05, 0.1) is 18.1 Å². The molecule has 1 atom stereocenters. The summed E-state index contributed by atoms with van der Waals surface area (Å²) in [4.78, 5) is 2.42. The van der Waals surface area contributed by atoms with Crippen LogP contribution < -0.4 is 0 Å². The predicted molar refractivity (Wildman–Crippen MR) is 69.5 cm³/mol. The molecular formula is C14H26N2O. The molecule has 0 aromatic heterocycles. The van der Waals surface area contributed by atoms with Crippen molar-refractivity contribution >= 4 is 0 Å². The molecule has 1 N–H and O–H groups in total. The van der Waals surface area contributed by atoms with Crippen LogP contribution in [0.3, 0.4) is 0 Å². The zero-order valence-corrected chi connectivity index (χ0v) is 11.3. The van der Waals surface area contributed by atoms with E-state index < -0.39 is 0 Å². The third kappa shape index (κ3) is 5.06. The van der Waals surface area contributed by atoms with Crippen LogP contribution >= 0.6 is 0 Å². The summed E-state index contributed by atoms with van der Waals surface area (Å²) in [7, 11) is 0. The second-order valence-corrected chi connectivity index (χ2v) is 5.82. The predicted octanol–water partition coefficient (Wildman–Crippen LogP) is 2.55. The van der Waals surface area contributed by atoms with Gasteiger partial charge < -0.3 is 5.11 Å². The molecule has 98 valence electrons. The van der Waals surface area contributed by atoms with Gasteiger partial charge in [0.2, 0.25) is 0 Å². The molecule has 1 rings (SSSR count). The second-order valence-electron chi connectivity index (χ2n) is 5.82. The fourth-order valence-corrected chi connectivity index (χ4v) is 2.50. The summed E-state index contributed by atoms with van der Waals surface area (Å²) in [6, 6.07) is 2.73. The molecule has 1 aliphatic heterocycles. The highest BCUT2D eigenvalue weighted by molar-refractivity contribution is 4.91. The van der Waals surface area contributed by atoms with Crippen LogP contribution in [-0.2, 0) is 0 Å². The molecule has 0 radical (unpaired) electrons. The average molecular weight is 238 g/mol. The molecule has 1 aliphatic rings. The Morgan fingerprint density at radius 2 is 2.12 bits per heavy atom. The number of hydrogen-bond acceptors (Lipinski definition) is 3. The number of hydrogen-bond donors (Lipinski definition) is 1. The lowest BCUT2D eigenvalue weighted by Crippen LogP contribution is -2.42. The number of rotatable bonds is 6. The van der Waals surface area contributed by atoms with Gasteiger partial charge in [-0.3, -0.25) is 4.90 Å². The van der Waals surface area contributed by atoms with E-state index in [9.17, 15) is 5.11 Å². The molecular weight excluding hydrogens is 212 g/mol. The third-order valence-corrected chi connectivity index (χ3v) is 3.76. The topological polar surface area (TPSA) is 47.3 Å².